The Bertz CT molecular complexity index is 482. The molecular weight excluding hydrogens is 232 g/mol. The van der Waals surface area contributed by atoms with Crippen LogP contribution < -0.4 is 10.6 Å². The van der Waals surface area contributed by atoms with Crippen LogP contribution in [0.15, 0.2) is 24.4 Å². The topological polar surface area (TPSA) is 74.3 Å². The van der Waals surface area contributed by atoms with Crippen molar-refractivity contribution in [2.75, 3.05) is 13.1 Å². The number of rotatable bonds is 2. The molecule has 2 saturated heterocycles. The van der Waals surface area contributed by atoms with Crippen molar-refractivity contribution in [3.8, 4) is 0 Å². The largest absolute Gasteiger partial charge is 0.325 e. The minimum atomic E-state index is -0.730. The Hall–Kier alpha value is -1.95. The fraction of sp³-hybridized carbons (Fsp3) is 0.417. The molecule has 6 heteroatoms. The smallest absolute Gasteiger partial charge is 0.322 e. The molecule has 3 heterocycles. The minimum Gasteiger partial charge on any atom is -0.322 e. The summed E-state index contributed by atoms with van der Waals surface area (Å²) in [6.07, 6.45) is 2.30. The van der Waals surface area contributed by atoms with E-state index in [1.807, 2.05) is 6.07 Å². The van der Waals surface area contributed by atoms with Crippen molar-refractivity contribution in [3.63, 3.8) is 0 Å². The minimum absolute atomic E-state index is 0.150. The number of pyridine rings is 1. The number of carbonyl (C=O) groups is 2. The molecule has 18 heavy (non-hydrogen) atoms. The molecule has 94 valence electrons. The van der Waals surface area contributed by atoms with Crippen LogP contribution in [-0.2, 0) is 11.3 Å². The van der Waals surface area contributed by atoms with Gasteiger partial charge in [0.15, 0.2) is 0 Å². The first-order chi connectivity index (χ1) is 8.71. The van der Waals surface area contributed by atoms with E-state index in [1.165, 1.54) is 4.90 Å². The van der Waals surface area contributed by atoms with Crippen LogP contribution >= 0.6 is 0 Å². The van der Waals surface area contributed by atoms with E-state index < -0.39 is 5.54 Å². The summed E-state index contributed by atoms with van der Waals surface area (Å²) < 4.78 is 0. The molecule has 1 aromatic rings. The van der Waals surface area contributed by atoms with Crippen molar-refractivity contribution < 1.29 is 9.59 Å². The number of aromatic nitrogens is 1. The van der Waals surface area contributed by atoms with Crippen LogP contribution in [0.1, 0.15) is 12.1 Å². The van der Waals surface area contributed by atoms with Gasteiger partial charge in [-0.3, -0.25) is 14.7 Å². The van der Waals surface area contributed by atoms with Crippen molar-refractivity contribution in [3.05, 3.63) is 30.1 Å². The number of amides is 3. The van der Waals surface area contributed by atoms with E-state index in [-0.39, 0.29) is 18.5 Å². The molecular formula is C12H14N4O2. The van der Waals surface area contributed by atoms with Gasteiger partial charge < -0.3 is 10.6 Å². The summed E-state index contributed by atoms with van der Waals surface area (Å²) in [6.45, 7) is 1.49. The van der Waals surface area contributed by atoms with Gasteiger partial charge in [-0.1, -0.05) is 6.07 Å². The van der Waals surface area contributed by atoms with Crippen LogP contribution in [0.3, 0.4) is 0 Å². The Balaban J connectivity index is 1.81. The first-order valence-corrected chi connectivity index (χ1v) is 5.96. The molecule has 0 bridgehead atoms. The molecule has 1 spiro atoms. The van der Waals surface area contributed by atoms with Gasteiger partial charge in [0.2, 0.25) is 0 Å². The monoisotopic (exact) mass is 246 g/mol. The molecule has 3 rings (SSSR count). The second-order valence-corrected chi connectivity index (χ2v) is 4.65. The zero-order chi connectivity index (χ0) is 12.6. The number of nitrogens with zero attached hydrogens (tertiary/aromatic N) is 2. The predicted molar refractivity (Wildman–Crippen MR) is 63.5 cm³/mol. The second kappa shape index (κ2) is 4.06. The van der Waals surface area contributed by atoms with Crippen molar-refractivity contribution >= 4 is 11.9 Å². The Morgan fingerprint density at radius 1 is 1.39 bits per heavy atom. The van der Waals surface area contributed by atoms with Crippen molar-refractivity contribution in [1.29, 1.82) is 0 Å². The third-order valence-electron chi connectivity index (χ3n) is 3.45. The number of urea groups is 1. The van der Waals surface area contributed by atoms with E-state index in [9.17, 15) is 9.59 Å². The molecule has 0 aliphatic carbocycles. The number of imide groups is 1. The molecule has 1 aromatic heterocycles. The molecule has 1 unspecified atom stereocenters. The summed E-state index contributed by atoms with van der Waals surface area (Å²) in [6, 6.07) is 5.12. The summed E-state index contributed by atoms with van der Waals surface area (Å²) in [5.41, 5.74) is -0.0183. The summed E-state index contributed by atoms with van der Waals surface area (Å²) >= 11 is 0. The first-order valence-electron chi connectivity index (χ1n) is 5.96. The molecule has 6 nitrogen and oxygen atoms in total. The summed E-state index contributed by atoms with van der Waals surface area (Å²) in [4.78, 5) is 29.6. The summed E-state index contributed by atoms with van der Waals surface area (Å²) in [5.74, 6) is -0.150. The van der Waals surface area contributed by atoms with Crippen LogP contribution in [0.4, 0.5) is 4.79 Å². The molecule has 1 atom stereocenters. The third-order valence-corrected chi connectivity index (χ3v) is 3.45. The highest BCUT2D eigenvalue weighted by atomic mass is 16.2. The van der Waals surface area contributed by atoms with Gasteiger partial charge >= 0.3 is 6.03 Å². The van der Waals surface area contributed by atoms with E-state index in [1.54, 1.807) is 18.3 Å². The van der Waals surface area contributed by atoms with Crippen LogP contribution in [0.25, 0.3) is 0 Å². The highest BCUT2D eigenvalue weighted by Crippen LogP contribution is 2.25. The van der Waals surface area contributed by atoms with E-state index in [2.05, 4.69) is 15.6 Å². The number of carbonyl (C=O) groups excluding carboxylic acids is 2. The first kappa shape index (κ1) is 11.2. The highest BCUT2D eigenvalue weighted by Gasteiger charge is 2.52. The fourth-order valence-electron chi connectivity index (χ4n) is 2.45. The Morgan fingerprint density at radius 3 is 2.94 bits per heavy atom. The molecule has 2 aliphatic rings. The lowest BCUT2D eigenvalue weighted by atomic mass is 9.99. The number of nitrogens with one attached hydrogen (secondary N) is 2. The molecule has 2 fully saturated rings. The average Bonchev–Trinajstić information content (AvgIpc) is 2.93. The van der Waals surface area contributed by atoms with Gasteiger partial charge in [-0.15, -0.1) is 0 Å². The number of hydrogen-bond donors (Lipinski definition) is 2. The quantitative estimate of drug-likeness (QED) is 0.713. The van der Waals surface area contributed by atoms with Gasteiger partial charge in [0.1, 0.15) is 5.54 Å². The van der Waals surface area contributed by atoms with Gasteiger partial charge in [0, 0.05) is 12.7 Å². The van der Waals surface area contributed by atoms with E-state index >= 15 is 0 Å². The highest BCUT2D eigenvalue weighted by molar-refractivity contribution is 6.07. The Morgan fingerprint density at radius 2 is 2.28 bits per heavy atom. The van der Waals surface area contributed by atoms with Crippen LogP contribution in [0.2, 0.25) is 0 Å². The maximum atomic E-state index is 12.3. The van der Waals surface area contributed by atoms with Gasteiger partial charge in [-0.25, -0.2) is 4.79 Å². The third kappa shape index (κ3) is 1.65. The zero-order valence-electron chi connectivity index (χ0n) is 9.85. The lowest BCUT2D eigenvalue weighted by Gasteiger charge is -2.19. The standard InChI is InChI=1S/C12H14N4O2/c17-10-12(4-6-13-8-12)15-11(18)16(10)7-9-3-1-2-5-14-9/h1-3,5,13H,4,6-8H2,(H,15,18). The van der Waals surface area contributed by atoms with Crippen LogP contribution in [0, 0.1) is 0 Å². The fourth-order valence-corrected chi connectivity index (χ4v) is 2.45. The molecule has 3 amide bonds. The zero-order valence-corrected chi connectivity index (χ0v) is 9.85. The van der Waals surface area contributed by atoms with Gasteiger partial charge in [0.05, 0.1) is 12.2 Å². The lowest BCUT2D eigenvalue weighted by Crippen LogP contribution is -2.48. The maximum Gasteiger partial charge on any atom is 0.325 e. The summed E-state index contributed by atoms with van der Waals surface area (Å²) in [7, 11) is 0. The number of hydrogen-bond acceptors (Lipinski definition) is 4. The van der Waals surface area contributed by atoms with Gasteiger partial charge in [-0.05, 0) is 25.1 Å². The van der Waals surface area contributed by atoms with Crippen molar-refractivity contribution in [2.45, 2.75) is 18.5 Å². The predicted octanol–water partition coefficient (Wildman–Crippen LogP) is -0.135. The van der Waals surface area contributed by atoms with Gasteiger partial charge in [0.25, 0.3) is 5.91 Å². The average molecular weight is 246 g/mol. The SMILES string of the molecule is O=C1NC2(CCNC2)C(=O)N1Cc1ccccn1. The molecule has 0 saturated carbocycles. The van der Waals surface area contributed by atoms with Crippen molar-refractivity contribution in [2.24, 2.45) is 0 Å². The normalized spacial score (nSPS) is 27.0. The Labute approximate surface area is 104 Å². The summed E-state index contributed by atoms with van der Waals surface area (Å²) in [5, 5.41) is 5.91. The lowest BCUT2D eigenvalue weighted by molar-refractivity contribution is -0.131. The Kier molecular flexibility index (Phi) is 2.52. The van der Waals surface area contributed by atoms with E-state index in [4.69, 9.17) is 0 Å². The molecule has 0 radical (unpaired) electrons. The second-order valence-electron chi connectivity index (χ2n) is 4.65. The van der Waals surface area contributed by atoms with Crippen LogP contribution in [0.5, 0.6) is 0 Å². The van der Waals surface area contributed by atoms with E-state index in [0.717, 1.165) is 6.54 Å². The maximum absolute atomic E-state index is 12.3. The van der Waals surface area contributed by atoms with Crippen LogP contribution in [-0.4, -0.2) is 40.5 Å². The van der Waals surface area contributed by atoms with Gasteiger partial charge in [-0.2, -0.15) is 0 Å². The molecule has 0 aromatic carbocycles. The molecule has 2 N–H and O–H groups in total. The van der Waals surface area contributed by atoms with Crippen molar-refractivity contribution in [1.82, 2.24) is 20.5 Å². The molecule has 2 aliphatic heterocycles. The van der Waals surface area contributed by atoms with E-state index in [0.29, 0.717) is 18.7 Å².